The van der Waals surface area contributed by atoms with Gasteiger partial charge in [0, 0.05) is 11.8 Å². The van der Waals surface area contributed by atoms with Gasteiger partial charge in [-0.1, -0.05) is 48.5 Å². The third-order valence-corrected chi connectivity index (χ3v) is 9.02. The third-order valence-electron chi connectivity index (χ3n) is 8.10. The predicted octanol–water partition coefficient (Wildman–Crippen LogP) is 4.61. The molecular formula is C30H27O7S-. The van der Waals surface area contributed by atoms with Crippen molar-refractivity contribution in [2.24, 2.45) is 5.92 Å². The molecule has 0 saturated carbocycles. The van der Waals surface area contributed by atoms with E-state index in [-0.39, 0.29) is 47.4 Å². The van der Waals surface area contributed by atoms with Gasteiger partial charge in [-0.05, 0) is 77.6 Å². The molecule has 4 aliphatic rings. The lowest BCUT2D eigenvalue weighted by Crippen LogP contribution is -2.37. The minimum absolute atomic E-state index is 0.0748. The lowest BCUT2D eigenvalue weighted by molar-refractivity contribution is -0.151. The highest BCUT2D eigenvalue weighted by Crippen LogP contribution is 2.55. The van der Waals surface area contributed by atoms with Gasteiger partial charge in [0.1, 0.15) is 22.5 Å². The molecule has 0 spiro atoms. The van der Waals surface area contributed by atoms with Crippen molar-refractivity contribution in [1.82, 2.24) is 0 Å². The fourth-order valence-corrected chi connectivity index (χ4v) is 7.28. The number of benzene rings is 3. The van der Waals surface area contributed by atoms with Crippen LogP contribution in [0.25, 0.3) is 0 Å². The standard InChI is InChI=1S/C30H28O7S/c31-28(37-26-13-14-27(38(33,34)35)21-10-4-3-9-20(21)26)15-16-36-30(32)25-17-24-18-7-1-5-11-22(18)29(25)23-12-6-2-8-19(23)24/h1-2,5-8,11-14,24-25,29H,3-4,9-10,15-17H2,(H,33,34,35)/p-1. The molecule has 3 aromatic carbocycles. The molecule has 0 aromatic heterocycles. The third kappa shape index (κ3) is 4.31. The molecule has 196 valence electrons. The van der Waals surface area contributed by atoms with Crippen LogP contribution in [0.3, 0.4) is 0 Å². The molecular weight excluding hydrogens is 504 g/mol. The van der Waals surface area contributed by atoms with E-state index in [0.717, 1.165) is 24.0 Å². The lowest BCUT2D eigenvalue weighted by atomic mass is 9.59. The van der Waals surface area contributed by atoms with Gasteiger partial charge in [-0.2, -0.15) is 0 Å². The summed E-state index contributed by atoms with van der Waals surface area (Å²) in [7, 11) is -4.61. The molecule has 7 nitrogen and oxygen atoms in total. The van der Waals surface area contributed by atoms with Crippen LogP contribution in [0.4, 0.5) is 0 Å². The summed E-state index contributed by atoms with van der Waals surface area (Å²) in [6, 6.07) is 19.1. The Kier molecular flexibility index (Phi) is 6.32. The summed E-state index contributed by atoms with van der Waals surface area (Å²) in [5.41, 5.74) is 5.89. The molecule has 1 unspecified atom stereocenters. The Morgan fingerprint density at radius 1 is 0.842 bits per heavy atom. The minimum Gasteiger partial charge on any atom is -0.744 e. The van der Waals surface area contributed by atoms with Crippen molar-refractivity contribution < 1.29 is 32.0 Å². The number of ether oxygens (including phenoxy) is 2. The van der Waals surface area contributed by atoms with Gasteiger partial charge in [-0.15, -0.1) is 0 Å². The van der Waals surface area contributed by atoms with E-state index in [0.29, 0.717) is 30.4 Å². The molecule has 38 heavy (non-hydrogen) atoms. The van der Waals surface area contributed by atoms with Crippen molar-refractivity contribution in [1.29, 1.82) is 0 Å². The van der Waals surface area contributed by atoms with Gasteiger partial charge < -0.3 is 14.0 Å². The fraction of sp³-hybridized carbons (Fsp3) is 0.333. The number of esters is 2. The van der Waals surface area contributed by atoms with E-state index < -0.39 is 16.1 Å². The van der Waals surface area contributed by atoms with E-state index in [2.05, 4.69) is 24.3 Å². The van der Waals surface area contributed by atoms with Crippen LogP contribution in [0.15, 0.2) is 65.6 Å². The van der Waals surface area contributed by atoms with E-state index in [9.17, 15) is 22.6 Å². The molecule has 0 aliphatic heterocycles. The van der Waals surface area contributed by atoms with Crippen LogP contribution in [0.2, 0.25) is 0 Å². The zero-order chi connectivity index (χ0) is 26.4. The maximum absolute atomic E-state index is 13.2. The van der Waals surface area contributed by atoms with Crippen LogP contribution in [0.1, 0.15) is 70.9 Å². The Morgan fingerprint density at radius 2 is 1.45 bits per heavy atom. The number of rotatable bonds is 6. The van der Waals surface area contributed by atoms with Crippen molar-refractivity contribution in [3.05, 3.63) is 94.0 Å². The largest absolute Gasteiger partial charge is 0.744 e. The first-order valence-corrected chi connectivity index (χ1v) is 14.4. The minimum atomic E-state index is -4.61. The summed E-state index contributed by atoms with van der Waals surface area (Å²) in [6.07, 6.45) is 3.10. The first-order valence-electron chi connectivity index (χ1n) is 13.0. The molecule has 0 N–H and O–H groups in total. The molecule has 0 fully saturated rings. The average molecular weight is 532 g/mol. The zero-order valence-electron chi connectivity index (χ0n) is 20.7. The molecule has 8 heteroatoms. The second kappa shape index (κ2) is 9.67. The second-order valence-electron chi connectivity index (χ2n) is 10.2. The summed E-state index contributed by atoms with van der Waals surface area (Å²) < 4.78 is 46.0. The first kappa shape index (κ1) is 24.8. The Morgan fingerprint density at radius 3 is 2.08 bits per heavy atom. The Labute approximate surface area is 221 Å². The van der Waals surface area contributed by atoms with Crippen LogP contribution < -0.4 is 4.74 Å². The van der Waals surface area contributed by atoms with Crippen LogP contribution in [0.5, 0.6) is 5.75 Å². The summed E-state index contributed by atoms with van der Waals surface area (Å²) in [5.74, 6) is -0.893. The van der Waals surface area contributed by atoms with Crippen molar-refractivity contribution >= 4 is 22.1 Å². The maximum Gasteiger partial charge on any atom is 0.314 e. The highest BCUT2D eigenvalue weighted by atomic mass is 32.2. The Balaban J connectivity index is 1.12. The molecule has 7 rings (SSSR count). The van der Waals surface area contributed by atoms with E-state index >= 15 is 0 Å². The molecule has 0 radical (unpaired) electrons. The lowest BCUT2D eigenvalue weighted by Gasteiger charge is -2.44. The van der Waals surface area contributed by atoms with E-state index in [4.69, 9.17) is 9.47 Å². The van der Waals surface area contributed by atoms with E-state index in [1.54, 1.807) is 0 Å². The van der Waals surface area contributed by atoms with Crippen LogP contribution in [0, 0.1) is 5.92 Å². The number of fused-ring (bicyclic) bond motifs is 2. The van der Waals surface area contributed by atoms with Crippen LogP contribution >= 0.6 is 0 Å². The van der Waals surface area contributed by atoms with Crippen LogP contribution in [-0.2, 0) is 37.3 Å². The molecule has 4 aliphatic carbocycles. The first-order chi connectivity index (χ1) is 18.3. The molecule has 0 saturated heterocycles. The highest BCUT2D eigenvalue weighted by Gasteiger charge is 2.46. The smallest absolute Gasteiger partial charge is 0.314 e. The fourth-order valence-electron chi connectivity index (χ4n) is 6.51. The second-order valence-corrected chi connectivity index (χ2v) is 11.6. The molecule has 1 atom stereocenters. The molecule has 2 bridgehead atoms. The maximum atomic E-state index is 13.2. The highest BCUT2D eigenvalue weighted by molar-refractivity contribution is 7.85. The van der Waals surface area contributed by atoms with Crippen LogP contribution in [-0.4, -0.2) is 31.5 Å². The predicted molar refractivity (Wildman–Crippen MR) is 137 cm³/mol. The van der Waals surface area contributed by atoms with Crippen molar-refractivity contribution in [3.63, 3.8) is 0 Å². The van der Waals surface area contributed by atoms with Gasteiger partial charge in [-0.25, -0.2) is 8.42 Å². The van der Waals surface area contributed by atoms with Gasteiger partial charge in [0.05, 0.1) is 17.2 Å². The average Bonchev–Trinajstić information content (AvgIpc) is 2.92. The summed E-state index contributed by atoms with van der Waals surface area (Å²) in [4.78, 5) is 25.6. The van der Waals surface area contributed by atoms with E-state index in [1.165, 1.54) is 23.3 Å². The van der Waals surface area contributed by atoms with Gasteiger partial charge >= 0.3 is 11.9 Å². The van der Waals surface area contributed by atoms with Crippen molar-refractivity contribution in [2.45, 2.75) is 55.3 Å². The van der Waals surface area contributed by atoms with Crippen molar-refractivity contribution in [2.75, 3.05) is 6.61 Å². The number of carbonyl (C=O) groups is 2. The quantitative estimate of drug-likeness (QED) is 0.260. The Hall–Kier alpha value is -3.49. The van der Waals surface area contributed by atoms with Crippen molar-refractivity contribution in [3.8, 4) is 5.75 Å². The van der Waals surface area contributed by atoms with Gasteiger partial charge in [0.15, 0.2) is 0 Å². The topological polar surface area (TPSA) is 110 Å². The van der Waals surface area contributed by atoms with Gasteiger partial charge in [0.2, 0.25) is 0 Å². The summed E-state index contributed by atoms with van der Waals surface area (Å²) >= 11 is 0. The van der Waals surface area contributed by atoms with E-state index in [1.807, 2.05) is 24.3 Å². The number of hydrogen-bond donors (Lipinski definition) is 0. The zero-order valence-corrected chi connectivity index (χ0v) is 21.5. The Bertz CT molecular complexity index is 1490. The molecule has 3 aromatic rings. The summed E-state index contributed by atoms with van der Waals surface area (Å²) in [5, 5.41) is 0. The number of carbonyl (C=O) groups excluding carboxylic acids is 2. The monoisotopic (exact) mass is 531 g/mol. The van der Waals surface area contributed by atoms with Gasteiger partial charge in [-0.3, -0.25) is 9.59 Å². The molecule has 0 amide bonds. The molecule has 0 heterocycles. The van der Waals surface area contributed by atoms with Gasteiger partial charge in [0.25, 0.3) is 0 Å². The summed E-state index contributed by atoms with van der Waals surface area (Å²) in [6.45, 7) is -0.107. The normalized spacial score (nSPS) is 21.1. The SMILES string of the molecule is O=C(CCOC(=O)C1CC2c3ccccc3C1c1ccccc12)Oc1ccc(S(=O)(=O)[O-])c2c1CCCC2. The number of hydrogen-bond acceptors (Lipinski definition) is 7.